The monoisotopic (exact) mass is 336 g/mol. The van der Waals surface area contributed by atoms with Crippen LogP contribution in [-0.4, -0.2) is 47.8 Å². The van der Waals surface area contributed by atoms with E-state index in [-0.39, 0.29) is 11.8 Å². The fourth-order valence-electron chi connectivity index (χ4n) is 3.21. The van der Waals surface area contributed by atoms with Crippen LogP contribution in [0.1, 0.15) is 27.9 Å². The Balaban J connectivity index is 1.60. The number of aryl methyl sites for hydroxylation is 1. The SMILES string of the molecule is Cc1cccc(C(=O)N2CCCN(C(=O)Cc3ccccc3)CC2)c1. The summed E-state index contributed by atoms with van der Waals surface area (Å²) < 4.78 is 0. The van der Waals surface area contributed by atoms with Gasteiger partial charge in [-0.2, -0.15) is 0 Å². The lowest BCUT2D eigenvalue weighted by Gasteiger charge is -2.22. The van der Waals surface area contributed by atoms with Gasteiger partial charge in [0.1, 0.15) is 0 Å². The minimum atomic E-state index is 0.0565. The van der Waals surface area contributed by atoms with Crippen molar-refractivity contribution in [2.24, 2.45) is 0 Å². The summed E-state index contributed by atoms with van der Waals surface area (Å²) in [6.07, 6.45) is 1.24. The van der Waals surface area contributed by atoms with Crippen LogP contribution in [0.2, 0.25) is 0 Å². The Bertz CT molecular complexity index is 743. The summed E-state index contributed by atoms with van der Waals surface area (Å²) in [5.74, 6) is 0.192. The molecule has 2 amide bonds. The number of rotatable bonds is 3. The molecule has 0 saturated carbocycles. The molecule has 130 valence electrons. The highest BCUT2D eigenvalue weighted by molar-refractivity contribution is 5.94. The highest BCUT2D eigenvalue weighted by Gasteiger charge is 2.22. The Morgan fingerprint density at radius 2 is 1.60 bits per heavy atom. The smallest absolute Gasteiger partial charge is 0.253 e. The van der Waals surface area contributed by atoms with Gasteiger partial charge in [0.05, 0.1) is 6.42 Å². The molecule has 4 heteroatoms. The summed E-state index contributed by atoms with van der Waals surface area (Å²) in [5.41, 5.74) is 2.84. The van der Waals surface area contributed by atoms with Crippen molar-refractivity contribution in [1.29, 1.82) is 0 Å². The van der Waals surface area contributed by atoms with Crippen molar-refractivity contribution in [3.63, 3.8) is 0 Å². The van der Waals surface area contributed by atoms with E-state index >= 15 is 0 Å². The van der Waals surface area contributed by atoms with Crippen LogP contribution in [0.4, 0.5) is 0 Å². The van der Waals surface area contributed by atoms with Crippen LogP contribution in [0, 0.1) is 6.92 Å². The number of hydrogen-bond acceptors (Lipinski definition) is 2. The largest absolute Gasteiger partial charge is 0.341 e. The summed E-state index contributed by atoms with van der Waals surface area (Å²) in [5, 5.41) is 0. The Labute approximate surface area is 149 Å². The van der Waals surface area contributed by atoms with Crippen LogP contribution in [0.5, 0.6) is 0 Å². The van der Waals surface area contributed by atoms with Gasteiger partial charge in [0.2, 0.25) is 5.91 Å². The molecule has 3 rings (SSSR count). The lowest BCUT2D eigenvalue weighted by atomic mass is 10.1. The molecule has 25 heavy (non-hydrogen) atoms. The van der Waals surface area contributed by atoms with Crippen molar-refractivity contribution < 1.29 is 9.59 Å². The average Bonchev–Trinajstić information content (AvgIpc) is 2.88. The normalized spacial score (nSPS) is 14.9. The first-order valence-corrected chi connectivity index (χ1v) is 8.81. The molecule has 0 aliphatic carbocycles. The van der Waals surface area contributed by atoms with E-state index in [9.17, 15) is 9.59 Å². The summed E-state index contributed by atoms with van der Waals surface area (Å²) in [7, 11) is 0. The molecule has 0 bridgehead atoms. The number of carbonyl (C=O) groups excluding carboxylic acids is 2. The van der Waals surface area contributed by atoms with Gasteiger partial charge in [0.15, 0.2) is 0 Å². The van der Waals surface area contributed by atoms with E-state index in [4.69, 9.17) is 0 Å². The fraction of sp³-hybridized carbons (Fsp3) is 0.333. The van der Waals surface area contributed by atoms with Gasteiger partial charge in [-0.25, -0.2) is 0 Å². The molecular weight excluding hydrogens is 312 g/mol. The van der Waals surface area contributed by atoms with Gasteiger partial charge in [-0.05, 0) is 31.0 Å². The lowest BCUT2D eigenvalue weighted by molar-refractivity contribution is -0.130. The van der Waals surface area contributed by atoms with Crippen LogP contribution in [0.15, 0.2) is 54.6 Å². The summed E-state index contributed by atoms with van der Waals surface area (Å²) in [6, 6.07) is 17.5. The third kappa shape index (κ3) is 4.47. The minimum Gasteiger partial charge on any atom is -0.341 e. The molecule has 1 saturated heterocycles. The zero-order valence-corrected chi connectivity index (χ0v) is 14.6. The summed E-state index contributed by atoms with van der Waals surface area (Å²) in [4.78, 5) is 29.0. The summed E-state index contributed by atoms with van der Waals surface area (Å²) in [6.45, 7) is 4.59. The predicted molar refractivity (Wildman–Crippen MR) is 98.4 cm³/mol. The van der Waals surface area contributed by atoms with Crippen LogP contribution in [-0.2, 0) is 11.2 Å². The third-order valence-corrected chi connectivity index (χ3v) is 4.60. The molecule has 4 nitrogen and oxygen atoms in total. The van der Waals surface area contributed by atoms with E-state index in [1.54, 1.807) is 0 Å². The standard InChI is InChI=1S/C21H24N2O2/c1-17-7-5-10-19(15-17)21(25)23-12-6-11-22(13-14-23)20(24)16-18-8-3-2-4-9-18/h2-5,7-10,15H,6,11-14,16H2,1H3. The number of nitrogens with zero attached hydrogens (tertiary/aromatic N) is 2. The van der Waals surface area contributed by atoms with Gasteiger partial charge in [0.25, 0.3) is 5.91 Å². The second-order valence-corrected chi connectivity index (χ2v) is 6.56. The molecule has 0 spiro atoms. The van der Waals surface area contributed by atoms with Gasteiger partial charge >= 0.3 is 0 Å². The van der Waals surface area contributed by atoms with E-state index in [0.29, 0.717) is 32.6 Å². The van der Waals surface area contributed by atoms with Crippen molar-refractivity contribution in [3.8, 4) is 0 Å². The molecule has 2 aromatic rings. The molecule has 0 unspecified atom stereocenters. The van der Waals surface area contributed by atoms with Gasteiger partial charge < -0.3 is 9.80 Å². The van der Waals surface area contributed by atoms with Crippen molar-refractivity contribution in [1.82, 2.24) is 9.80 Å². The van der Waals surface area contributed by atoms with Gasteiger partial charge in [-0.15, -0.1) is 0 Å². The molecule has 0 N–H and O–H groups in total. The van der Waals surface area contributed by atoms with E-state index in [2.05, 4.69) is 0 Å². The number of amides is 2. The van der Waals surface area contributed by atoms with Gasteiger partial charge in [-0.1, -0.05) is 48.0 Å². The van der Waals surface area contributed by atoms with Crippen LogP contribution in [0.25, 0.3) is 0 Å². The lowest BCUT2D eigenvalue weighted by Crippen LogP contribution is -2.38. The first kappa shape index (κ1) is 17.2. The number of carbonyl (C=O) groups is 2. The maximum Gasteiger partial charge on any atom is 0.253 e. The molecule has 0 atom stereocenters. The highest BCUT2D eigenvalue weighted by atomic mass is 16.2. The van der Waals surface area contributed by atoms with Gasteiger partial charge in [0, 0.05) is 31.7 Å². The van der Waals surface area contributed by atoms with Crippen molar-refractivity contribution in [2.45, 2.75) is 19.8 Å². The van der Waals surface area contributed by atoms with Crippen LogP contribution >= 0.6 is 0 Å². The highest BCUT2D eigenvalue weighted by Crippen LogP contribution is 2.12. The maximum absolute atomic E-state index is 12.7. The maximum atomic E-state index is 12.7. The average molecular weight is 336 g/mol. The molecule has 0 radical (unpaired) electrons. The third-order valence-electron chi connectivity index (χ3n) is 4.60. The van der Waals surface area contributed by atoms with E-state index < -0.39 is 0 Å². The minimum absolute atomic E-state index is 0.0565. The van der Waals surface area contributed by atoms with Crippen LogP contribution in [0.3, 0.4) is 0 Å². The quantitative estimate of drug-likeness (QED) is 0.865. The van der Waals surface area contributed by atoms with E-state index in [0.717, 1.165) is 23.1 Å². The molecule has 2 aromatic carbocycles. The van der Waals surface area contributed by atoms with E-state index in [1.165, 1.54) is 0 Å². The Hall–Kier alpha value is -2.62. The predicted octanol–water partition coefficient (Wildman–Crippen LogP) is 2.91. The first-order valence-electron chi connectivity index (χ1n) is 8.81. The second-order valence-electron chi connectivity index (χ2n) is 6.56. The van der Waals surface area contributed by atoms with Crippen molar-refractivity contribution in [2.75, 3.05) is 26.2 Å². The van der Waals surface area contributed by atoms with Crippen molar-refractivity contribution in [3.05, 3.63) is 71.3 Å². The first-order chi connectivity index (χ1) is 12.1. The van der Waals surface area contributed by atoms with Crippen molar-refractivity contribution >= 4 is 11.8 Å². The van der Waals surface area contributed by atoms with Crippen LogP contribution < -0.4 is 0 Å². The van der Waals surface area contributed by atoms with Gasteiger partial charge in [-0.3, -0.25) is 9.59 Å². The molecule has 1 fully saturated rings. The molecule has 0 aromatic heterocycles. The second kappa shape index (κ2) is 7.97. The molecule has 1 aliphatic heterocycles. The topological polar surface area (TPSA) is 40.6 Å². The number of hydrogen-bond donors (Lipinski definition) is 0. The number of benzene rings is 2. The molecular formula is C21H24N2O2. The summed E-state index contributed by atoms with van der Waals surface area (Å²) >= 11 is 0. The zero-order valence-electron chi connectivity index (χ0n) is 14.6. The Morgan fingerprint density at radius 1 is 0.880 bits per heavy atom. The fourth-order valence-corrected chi connectivity index (χ4v) is 3.21. The Kier molecular flexibility index (Phi) is 5.49. The van der Waals surface area contributed by atoms with E-state index in [1.807, 2.05) is 71.3 Å². The molecule has 1 aliphatic rings. The molecule has 1 heterocycles. The Morgan fingerprint density at radius 3 is 2.36 bits per heavy atom. The zero-order chi connectivity index (χ0) is 17.6.